The first kappa shape index (κ1) is 56.3. The molecule has 0 aromatic carbocycles. The fraction of sp³-hybridized carbons (Fsp3) is 0.830. The van der Waals surface area contributed by atoms with Crippen molar-refractivity contribution in [3.8, 4) is 0 Å². The summed E-state index contributed by atoms with van der Waals surface area (Å²) in [5.74, 6) is -0.513. The molecule has 0 bridgehead atoms. The van der Waals surface area contributed by atoms with Gasteiger partial charge in [-0.15, -0.1) is 0 Å². The first-order valence-corrected chi connectivity index (χ1v) is 25.5. The molecule has 0 aliphatic carbocycles. The molecule has 340 valence electrons. The number of rotatable bonds is 46. The van der Waals surface area contributed by atoms with Crippen LogP contribution in [0.1, 0.15) is 258 Å². The summed E-state index contributed by atoms with van der Waals surface area (Å²) in [5, 5.41) is 33.3. The van der Waals surface area contributed by atoms with Crippen molar-refractivity contribution < 1.29 is 20.1 Å². The highest BCUT2D eigenvalue weighted by atomic mass is 16.3. The first-order valence-electron chi connectivity index (χ1n) is 25.5. The molecule has 5 nitrogen and oxygen atoms in total. The van der Waals surface area contributed by atoms with Gasteiger partial charge in [0.2, 0.25) is 5.91 Å². The third kappa shape index (κ3) is 42.4. The summed E-state index contributed by atoms with van der Waals surface area (Å²) in [7, 11) is 0. The van der Waals surface area contributed by atoms with Gasteiger partial charge in [0.15, 0.2) is 0 Å². The zero-order chi connectivity index (χ0) is 42.3. The van der Waals surface area contributed by atoms with Crippen molar-refractivity contribution in [3.63, 3.8) is 0 Å². The number of unbranched alkanes of at least 4 members (excludes halogenated alkanes) is 32. The van der Waals surface area contributed by atoms with Gasteiger partial charge >= 0.3 is 0 Å². The molecule has 0 spiro atoms. The van der Waals surface area contributed by atoms with Crippen LogP contribution in [-0.4, -0.2) is 46.1 Å². The van der Waals surface area contributed by atoms with Crippen molar-refractivity contribution in [2.45, 2.75) is 276 Å². The van der Waals surface area contributed by atoms with Crippen LogP contribution in [0.15, 0.2) is 48.6 Å². The first-order chi connectivity index (χ1) is 28.6. The Kier molecular flexibility index (Phi) is 46.6. The maximum atomic E-state index is 12.5. The van der Waals surface area contributed by atoms with Crippen LogP contribution in [0, 0.1) is 0 Å². The maximum absolute atomic E-state index is 12.5. The number of carbonyl (C=O) groups excluding carboxylic acids is 1. The van der Waals surface area contributed by atoms with E-state index in [1.165, 1.54) is 186 Å². The van der Waals surface area contributed by atoms with Gasteiger partial charge < -0.3 is 20.6 Å². The van der Waals surface area contributed by atoms with Crippen molar-refractivity contribution in [2.24, 2.45) is 0 Å². The van der Waals surface area contributed by atoms with E-state index >= 15 is 0 Å². The fourth-order valence-electron chi connectivity index (χ4n) is 7.71. The largest absolute Gasteiger partial charge is 0.394 e. The van der Waals surface area contributed by atoms with Crippen LogP contribution in [0.25, 0.3) is 0 Å². The minimum absolute atomic E-state index is 0.376. The molecule has 58 heavy (non-hydrogen) atoms. The topological polar surface area (TPSA) is 89.8 Å². The average Bonchev–Trinajstić information content (AvgIpc) is 3.23. The standard InChI is InChI=1S/C53H99NO4/c1-3-5-7-9-11-13-15-17-19-21-23-25-26-27-28-30-31-33-35-37-39-41-43-45-47-51(56)50(49-55)54-53(58)52(57)48-46-44-42-40-38-36-34-32-29-24-22-20-18-16-14-12-10-8-6-4-2/h6,8,12,14,37,39,45,47,50-52,55-57H,3-5,7,9-11,13,15-36,38,40-44,46,48-49H2,1-2H3,(H,54,58)/b8-6-,14-12-,39-37+,47-45+. The van der Waals surface area contributed by atoms with Gasteiger partial charge in [0.05, 0.1) is 18.8 Å². The van der Waals surface area contributed by atoms with Crippen LogP contribution in [0.4, 0.5) is 0 Å². The lowest BCUT2D eigenvalue weighted by atomic mass is 10.0. The smallest absolute Gasteiger partial charge is 0.249 e. The van der Waals surface area contributed by atoms with E-state index in [9.17, 15) is 20.1 Å². The van der Waals surface area contributed by atoms with Crippen molar-refractivity contribution in [1.82, 2.24) is 5.32 Å². The summed E-state index contributed by atoms with van der Waals surface area (Å²) in [6, 6.07) is -0.816. The minimum Gasteiger partial charge on any atom is -0.394 e. The highest BCUT2D eigenvalue weighted by Crippen LogP contribution is 2.16. The second-order valence-electron chi connectivity index (χ2n) is 17.3. The summed E-state index contributed by atoms with van der Waals surface area (Å²) < 4.78 is 0. The fourth-order valence-corrected chi connectivity index (χ4v) is 7.71. The normalized spacial score (nSPS) is 13.8. The van der Waals surface area contributed by atoms with E-state index in [2.05, 4.69) is 55.6 Å². The quantitative estimate of drug-likeness (QED) is 0.0364. The molecule has 4 N–H and O–H groups in total. The Labute approximate surface area is 361 Å². The van der Waals surface area contributed by atoms with Gasteiger partial charge in [0.1, 0.15) is 6.10 Å². The van der Waals surface area contributed by atoms with Gasteiger partial charge in [-0.2, -0.15) is 0 Å². The summed E-state index contributed by atoms with van der Waals surface area (Å²) in [5.41, 5.74) is 0. The number of amides is 1. The number of allylic oxidation sites excluding steroid dienone is 7. The SMILES string of the molecule is CC/C=C\C/C=C\CCCCCCCCCCCCCCCC(O)C(=O)NC(CO)C(O)/C=C/CC/C=C/CCCCCCCCCCCCCCCCCCCC. The van der Waals surface area contributed by atoms with Crippen molar-refractivity contribution in [2.75, 3.05) is 6.61 Å². The molecule has 3 unspecified atom stereocenters. The Balaban J connectivity index is 3.64. The van der Waals surface area contributed by atoms with Crippen LogP contribution in [0.2, 0.25) is 0 Å². The van der Waals surface area contributed by atoms with Crippen LogP contribution in [0.3, 0.4) is 0 Å². The molecule has 0 saturated heterocycles. The summed E-state index contributed by atoms with van der Waals surface area (Å²) in [6.07, 6.45) is 63.1. The number of nitrogens with one attached hydrogen (secondary N) is 1. The van der Waals surface area contributed by atoms with Crippen molar-refractivity contribution in [1.29, 1.82) is 0 Å². The van der Waals surface area contributed by atoms with Crippen molar-refractivity contribution >= 4 is 5.91 Å². The number of carbonyl (C=O) groups is 1. The molecule has 3 atom stereocenters. The highest BCUT2D eigenvalue weighted by molar-refractivity contribution is 5.80. The molecule has 0 aliphatic rings. The molecule has 0 heterocycles. The molecular weight excluding hydrogens is 715 g/mol. The van der Waals surface area contributed by atoms with E-state index in [1.54, 1.807) is 6.08 Å². The molecule has 5 heteroatoms. The predicted octanol–water partition coefficient (Wildman–Crippen LogP) is 15.3. The zero-order valence-electron chi connectivity index (χ0n) is 38.7. The molecular formula is C53H99NO4. The molecule has 0 fully saturated rings. The molecule has 0 saturated carbocycles. The van der Waals surface area contributed by atoms with E-state index < -0.39 is 24.2 Å². The average molecular weight is 814 g/mol. The van der Waals surface area contributed by atoms with Gasteiger partial charge in [-0.1, -0.05) is 249 Å². The van der Waals surface area contributed by atoms with E-state index in [0.29, 0.717) is 6.42 Å². The molecule has 0 aromatic rings. The second kappa shape index (κ2) is 48.0. The van der Waals surface area contributed by atoms with Crippen LogP contribution in [0.5, 0.6) is 0 Å². The van der Waals surface area contributed by atoms with E-state index in [4.69, 9.17) is 0 Å². The number of aliphatic hydroxyl groups is 3. The van der Waals surface area contributed by atoms with E-state index in [0.717, 1.165) is 51.4 Å². The Hall–Kier alpha value is -1.69. The van der Waals surface area contributed by atoms with E-state index in [1.807, 2.05) is 6.08 Å². The third-order valence-corrected chi connectivity index (χ3v) is 11.7. The molecule has 0 aliphatic heterocycles. The number of hydrogen-bond donors (Lipinski definition) is 4. The van der Waals surface area contributed by atoms with Crippen LogP contribution < -0.4 is 5.32 Å². The zero-order valence-corrected chi connectivity index (χ0v) is 38.7. The monoisotopic (exact) mass is 814 g/mol. The molecule has 0 radical (unpaired) electrons. The van der Waals surface area contributed by atoms with Gasteiger partial charge in [-0.05, 0) is 57.8 Å². The lowest BCUT2D eigenvalue weighted by Crippen LogP contribution is -2.48. The lowest BCUT2D eigenvalue weighted by Gasteiger charge is -2.21. The van der Waals surface area contributed by atoms with Gasteiger partial charge in [0, 0.05) is 0 Å². The van der Waals surface area contributed by atoms with Gasteiger partial charge in [0.25, 0.3) is 0 Å². The lowest BCUT2D eigenvalue weighted by molar-refractivity contribution is -0.131. The second-order valence-corrected chi connectivity index (χ2v) is 17.3. The Bertz CT molecular complexity index is 943. The molecule has 0 rings (SSSR count). The summed E-state index contributed by atoms with van der Waals surface area (Å²) >= 11 is 0. The Morgan fingerprint density at radius 3 is 1.24 bits per heavy atom. The third-order valence-electron chi connectivity index (χ3n) is 11.7. The Morgan fingerprint density at radius 1 is 0.448 bits per heavy atom. The highest BCUT2D eigenvalue weighted by Gasteiger charge is 2.22. The number of aliphatic hydroxyl groups excluding tert-OH is 3. The molecule has 1 amide bonds. The maximum Gasteiger partial charge on any atom is 0.249 e. The summed E-state index contributed by atoms with van der Waals surface area (Å²) in [6.45, 7) is 4.09. The molecule has 0 aromatic heterocycles. The van der Waals surface area contributed by atoms with Gasteiger partial charge in [-0.25, -0.2) is 0 Å². The minimum atomic E-state index is -1.11. The Morgan fingerprint density at radius 2 is 0.810 bits per heavy atom. The van der Waals surface area contributed by atoms with E-state index in [-0.39, 0.29) is 6.61 Å². The van der Waals surface area contributed by atoms with Crippen molar-refractivity contribution in [3.05, 3.63) is 48.6 Å². The van der Waals surface area contributed by atoms with Crippen LogP contribution >= 0.6 is 0 Å². The van der Waals surface area contributed by atoms with Crippen LogP contribution in [-0.2, 0) is 4.79 Å². The predicted molar refractivity (Wildman–Crippen MR) is 254 cm³/mol. The number of hydrogen-bond acceptors (Lipinski definition) is 4. The summed E-state index contributed by atoms with van der Waals surface area (Å²) in [4.78, 5) is 12.5. The van der Waals surface area contributed by atoms with Gasteiger partial charge in [-0.3, -0.25) is 4.79 Å².